The molecule has 0 heterocycles. The van der Waals surface area contributed by atoms with Crippen molar-refractivity contribution in [2.75, 3.05) is 0 Å². The highest BCUT2D eigenvalue weighted by Crippen LogP contribution is 2.61. The summed E-state index contributed by atoms with van der Waals surface area (Å²) in [5.74, 6) is 4.34. The van der Waals surface area contributed by atoms with Gasteiger partial charge in [-0.2, -0.15) is 0 Å². The van der Waals surface area contributed by atoms with Crippen LogP contribution in [0.3, 0.4) is 0 Å². The van der Waals surface area contributed by atoms with Crippen molar-refractivity contribution in [3.8, 4) is 0 Å². The first-order valence-electron chi connectivity index (χ1n) is 7.19. The Kier molecular flexibility index (Phi) is 2.37. The number of hydrogen-bond donors (Lipinski definition) is 0. The molecule has 0 saturated heterocycles. The van der Waals surface area contributed by atoms with E-state index in [2.05, 4.69) is 13.8 Å². The zero-order valence-corrected chi connectivity index (χ0v) is 10.5. The van der Waals surface area contributed by atoms with Gasteiger partial charge in [0.1, 0.15) is 0 Å². The van der Waals surface area contributed by atoms with Gasteiger partial charge in [0.25, 0.3) is 0 Å². The highest BCUT2D eigenvalue weighted by Gasteiger charge is 2.51. The lowest BCUT2D eigenvalue weighted by Gasteiger charge is -2.42. The van der Waals surface area contributed by atoms with Crippen LogP contribution in [-0.2, 0) is 0 Å². The molecule has 0 nitrogen and oxygen atoms in total. The first-order chi connectivity index (χ1) is 7.19. The SMILES string of the molecule is CC1CCCCC1C1CC2CCC1(C)C2. The van der Waals surface area contributed by atoms with Gasteiger partial charge in [0.15, 0.2) is 0 Å². The predicted octanol–water partition coefficient (Wildman–Crippen LogP) is 4.64. The van der Waals surface area contributed by atoms with Crippen LogP contribution in [0.5, 0.6) is 0 Å². The van der Waals surface area contributed by atoms with Gasteiger partial charge < -0.3 is 0 Å². The fraction of sp³-hybridized carbons (Fsp3) is 1.00. The number of hydrogen-bond acceptors (Lipinski definition) is 0. The minimum Gasteiger partial charge on any atom is -0.0622 e. The van der Waals surface area contributed by atoms with Crippen LogP contribution in [0.15, 0.2) is 0 Å². The lowest BCUT2D eigenvalue weighted by Crippen LogP contribution is -2.34. The summed E-state index contributed by atoms with van der Waals surface area (Å²) in [5, 5.41) is 0. The van der Waals surface area contributed by atoms with Crippen molar-refractivity contribution in [3.63, 3.8) is 0 Å². The van der Waals surface area contributed by atoms with E-state index in [4.69, 9.17) is 0 Å². The summed E-state index contributed by atoms with van der Waals surface area (Å²) in [5.41, 5.74) is 0.765. The van der Waals surface area contributed by atoms with Gasteiger partial charge in [0.2, 0.25) is 0 Å². The quantitative estimate of drug-likeness (QED) is 0.586. The molecule has 0 radical (unpaired) electrons. The maximum atomic E-state index is 2.60. The Morgan fingerprint density at radius 3 is 2.47 bits per heavy atom. The smallest absolute Gasteiger partial charge is 0.0292 e. The Labute approximate surface area is 94.8 Å². The molecule has 3 rings (SSSR count). The highest BCUT2D eigenvalue weighted by molar-refractivity contribution is 5.02. The zero-order valence-electron chi connectivity index (χ0n) is 10.5. The minimum absolute atomic E-state index is 0.765. The average Bonchev–Trinajstić information content (AvgIpc) is 2.73. The van der Waals surface area contributed by atoms with Crippen molar-refractivity contribution in [3.05, 3.63) is 0 Å². The monoisotopic (exact) mass is 206 g/mol. The van der Waals surface area contributed by atoms with Crippen LogP contribution in [0.1, 0.15) is 65.2 Å². The van der Waals surface area contributed by atoms with Crippen molar-refractivity contribution < 1.29 is 0 Å². The highest BCUT2D eigenvalue weighted by atomic mass is 14.6. The molecule has 0 aromatic heterocycles. The second kappa shape index (κ2) is 3.50. The second-order valence-corrected chi connectivity index (χ2v) is 7.03. The molecule has 0 spiro atoms. The molecule has 2 bridgehead atoms. The molecule has 15 heavy (non-hydrogen) atoms. The van der Waals surface area contributed by atoms with Crippen molar-refractivity contribution in [2.45, 2.75) is 65.2 Å². The van der Waals surface area contributed by atoms with Gasteiger partial charge in [-0.25, -0.2) is 0 Å². The van der Waals surface area contributed by atoms with E-state index >= 15 is 0 Å². The Hall–Kier alpha value is 0. The largest absolute Gasteiger partial charge is 0.0622 e. The molecule has 3 saturated carbocycles. The number of fused-ring (bicyclic) bond motifs is 2. The van der Waals surface area contributed by atoms with E-state index < -0.39 is 0 Å². The van der Waals surface area contributed by atoms with Crippen LogP contribution < -0.4 is 0 Å². The first kappa shape index (κ1) is 10.2. The van der Waals surface area contributed by atoms with E-state index in [9.17, 15) is 0 Å². The van der Waals surface area contributed by atoms with Crippen molar-refractivity contribution in [1.29, 1.82) is 0 Å². The summed E-state index contributed by atoms with van der Waals surface area (Å²) in [6.07, 6.45) is 12.3. The van der Waals surface area contributed by atoms with Gasteiger partial charge in [-0.15, -0.1) is 0 Å². The molecule has 0 aromatic rings. The lowest BCUT2D eigenvalue weighted by molar-refractivity contribution is 0.0737. The van der Waals surface area contributed by atoms with Crippen LogP contribution in [0.2, 0.25) is 0 Å². The molecule has 5 unspecified atom stereocenters. The maximum Gasteiger partial charge on any atom is -0.0292 e. The summed E-state index contributed by atoms with van der Waals surface area (Å²) < 4.78 is 0. The van der Waals surface area contributed by atoms with Crippen LogP contribution >= 0.6 is 0 Å². The lowest BCUT2D eigenvalue weighted by atomic mass is 9.63. The molecule has 3 fully saturated rings. The van der Waals surface area contributed by atoms with Crippen molar-refractivity contribution in [1.82, 2.24) is 0 Å². The Morgan fingerprint density at radius 1 is 1.07 bits per heavy atom. The number of rotatable bonds is 1. The molecule has 0 N–H and O–H groups in total. The summed E-state index contributed by atoms with van der Waals surface area (Å²) in [6, 6.07) is 0. The molecule has 0 heteroatoms. The van der Waals surface area contributed by atoms with E-state index in [1.165, 1.54) is 19.3 Å². The summed E-state index contributed by atoms with van der Waals surface area (Å²) >= 11 is 0. The predicted molar refractivity (Wildman–Crippen MR) is 64.7 cm³/mol. The molecular formula is C15H26. The normalized spacial score (nSPS) is 54.8. The molecular weight excluding hydrogens is 180 g/mol. The fourth-order valence-electron chi connectivity index (χ4n) is 5.21. The third kappa shape index (κ3) is 1.56. The van der Waals surface area contributed by atoms with E-state index in [-0.39, 0.29) is 0 Å². The van der Waals surface area contributed by atoms with Crippen LogP contribution in [0, 0.1) is 29.1 Å². The standard InChI is InChI=1S/C15H26/c1-11-5-3-4-6-13(11)14-9-12-7-8-15(14,2)10-12/h11-14H,3-10H2,1-2H3. The average molecular weight is 206 g/mol. The molecule has 0 amide bonds. The van der Waals surface area contributed by atoms with Gasteiger partial charge in [0, 0.05) is 0 Å². The minimum atomic E-state index is 0.765. The molecule has 86 valence electrons. The van der Waals surface area contributed by atoms with E-state index in [1.807, 2.05) is 0 Å². The molecule has 5 atom stereocenters. The van der Waals surface area contributed by atoms with Gasteiger partial charge in [0.05, 0.1) is 0 Å². The molecule has 0 aromatic carbocycles. The third-order valence-electron chi connectivity index (χ3n) is 6.06. The molecule has 0 aliphatic heterocycles. The molecule has 3 aliphatic carbocycles. The zero-order chi connectivity index (χ0) is 10.5. The van der Waals surface area contributed by atoms with Crippen molar-refractivity contribution >= 4 is 0 Å². The molecule has 3 aliphatic rings. The van der Waals surface area contributed by atoms with E-state index in [1.54, 1.807) is 32.1 Å². The van der Waals surface area contributed by atoms with E-state index in [0.717, 1.165) is 29.1 Å². The Balaban J connectivity index is 1.76. The van der Waals surface area contributed by atoms with Gasteiger partial charge >= 0.3 is 0 Å². The summed E-state index contributed by atoms with van der Waals surface area (Å²) in [6.45, 7) is 5.13. The van der Waals surface area contributed by atoms with Crippen LogP contribution in [0.25, 0.3) is 0 Å². The summed E-state index contributed by atoms with van der Waals surface area (Å²) in [4.78, 5) is 0. The van der Waals surface area contributed by atoms with Gasteiger partial charge in [-0.05, 0) is 61.2 Å². The maximum absolute atomic E-state index is 2.60. The summed E-state index contributed by atoms with van der Waals surface area (Å²) in [7, 11) is 0. The third-order valence-corrected chi connectivity index (χ3v) is 6.06. The van der Waals surface area contributed by atoms with Crippen molar-refractivity contribution in [2.24, 2.45) is 29.1 Å². The Morgan fingerprint density at radius 2 is 1.87 bits per heavy atom. The van der Waals surface area contributed by atoms with Gasteiger partial charge in [-0.1, -0.05) is 33.1 Å². The van der Waals surface area contributed by atoms with E-state index in [0.29, 0.717) is 0 Å². The van der Waals surface area contributed by atoms with Crippen LogP contribution in [0.4, 0.5) is 0 Å². The topological polar surface area (TPSA) is 0 Å². The van der Waals surface area contributed by atoms with Gasteiger partial charge in [-0.3, -0.25) is 0 Å². The second-order valence-electron chi connectivity index (χ2n) is 7.03. The van der Waals surface area contributed by atoms with Crippen LogP contribution in [-0.4, -0.2) is 0 Å². The first-order valence-corrected chi connectivity index (χ1v) is 7.19. The fourth-order valence-corrected chi connectivity index (χ4v) is 5.21. The Bertz CT molecular complexity index is 244.